The Morgan fingerprint density at radius 2 is 2.09 bits per heavy atom. The minimum absolute atomic E-state index is 0.245. The molecule has 1 saturated heterocycles. The molecule has 1 fully saturated rings. The summed E-state index contributed by atoms with van der Waals surface area (Å²) in [6.07, 6.45) is 3.71. The van der Waals surface area contributed by atoms with Gasteiger partial charge in [0, 0.05) is 25.3 Å². The van der Waals surface area contributed by atoms with Gasteiger partial charge in [-0.05, 0) is 19.3 Å². The fourth-order valence-electron chi connectivity index (χ4n) is 2.89. The van der Waals surface area contributed by atoms with Gasteiger partial charge in [0.15, 0.2) is 0 Å². The minimum Gasteiger partial charge on any atom is -0.376 e. The molecule has 0 radical (unpaired) electrons. The number of nitrogens with one attached hydrogen (secondary N) is 2. The topological polar surface area (TPSA) is 78.2 Å². The van der Waals surface area contributed by atoms with E-state index in [1.165, 1.54) is 12.8 Å². The van der Waals surface area contributed by atoms with Crippen LogP contribution in [-0.2, 0) is 11.3 Å². The number of H-pyrrole nitrogens is 2. The first-order valence-corrected chi connectivity index (χ1v) is 8.11. The third-order valence-corrected chi connectivity index (χ3v) is 4.17. The number of aromatic amines is 2. The average molecular weight is 309 g/mol. The summed E-state index contributed by atoms with van der Waals surface area (Å²) < 4.78 is 5.82. The highest BCUT2D eigenvalue weighted by atomic mass is 16.5. The Balaban J connectivity index is 1.93. The van der Waals surface area contributed by atoms with Crippen LogP contribution >= 0.6 is 0 Å². The minimum atomic E-state index is -0.445. The quantitative estimate of drug-likeness (QED) is 0.832. The van der Waals surface area contributed by atoms with Crippen LogP contribution in [0.2, 0.25) is 0 Å². The van der Waals surface area contributed by atoms with Gasteiger partial charge in [-0.25, -0.2) is 4.79 Å². The SMILES string of the molecule is Cc1[nH]c(=O)[nH]c(=O)c1CN1CCO[C@H](CCCC(C)C)C1. The van der Waals surface area contributed by atoms with E-state index in [1.807, 2.05) is 0 Å². The highest BCUT2D eigenvalue weighted by Gasteiger charge is 2.21. The van der Waals surface area contributed by atoms with Gasteiger partial charge in [-0.3, -0.25) is 14.7 Å². The Morgan fingerprint density at radius 3 is 2.77 bits per heavy atom. The summed E-state index contributed by atoms with van der Waals surface area (Å²) in [5.74, 6) is 0.724. The van der Waals surface area contributed by atoms with E-state index >= 15 is 0 Å². The molecule has 0 aliphatic carbocycles. The summed E-state index contributed by atoms with van der Waals surface area (Å²) >= 11 is 0. The number of aromatic nitrogens is 2. The molecule has 1 aromatic heterocycles. The van der Waals surface area contributed by atoms with Gasteiger partial charge in [-0.15, -0.1) is 0 Å². The van der Waals surface area contributed by atoms with E-state index in [0.717, 1.165) is 25.4 Å². The van der Waals surface area contributed by atoms with Crippen molar-refractivity contribution in [1.82, 2.24) is 14.9 Å². The molecule has 1 atom stereocenters. The van der Waals surface area contributed by atoms with Crippen molar-refractivity contribution < 1.29 is 4.74 Å². The van der Waals surface area contributed by atoms with Crippen LogP contribution in [0.15, 0.2) is 9.59 Å². The summed E-state index contributed by atoms with van der Waals surface area (Å²) in [5.41, 5.74) is 0.558. The first-order valence-electron chi connectivity index (χ1n) is 8.11. The van der Waals surface area contributed by atoms with Crippen LogP contribution < -0.4 is 11.2 Å². The lowest BCUT2D eigenvalue weighted by Crippen LogP contribution is -2.43. The van der Waals surface area contributed by atoms with Crippen molar-refractivity contribution in [2.75, 3.05) is 19.7 Å². The van der Waals surface area contributed by atoms with Crippen LogP contribution in [0.3, 0.4) is 0 Å². The maximum Gasteiger partial charge on any atom is 0.325 e. The summed E-state index contributed by atoms with van der Waals surface area (Å²) in [4.78, 5) is 30.4. The molecule has 0 saturated carbocycles. The zero-order chi connectivity index (χ0) is 16.1. The Morgan fingerprint density at radius 1 is 1.32 bits per heavy atom. The van der Waals surface area contributed by atoms with E-state index in [2.05, 4.69) is 28.7 Å². The maximum absolute atomic E-state index is 11.9. The van der Waals surface area contributed by atoms with Crippen molar-refractivity contribution in [2.45, 2.75) is 52.7 Å². The molecule has 0 spiro atoms. The van der Waals surface area contributed by atoms with Crippen LogP contribution in [0.5, 0.6) is 0 Å². The molecule has 6 heteroatoms. The average Bonchev–Trinajstić information content (AvgIpc) is 2.43. The van der Waals surface area contributed by atoms with Gasteiger partial charge >= 0.3 is 5.69 Å². The standard InChI is InChI=1S/C16H27N3O3/c1-11(2)5-4-6-13-9-19(7-8-22-13)10-14-12(3)17-16(21)18-15(14)20/h11,13H,4-10H2,1-3H3,(H2,17,18,20,21)/t13-/m1/s1. The number of rotatable bonds is 6. The second kappa shape index (κ2) is 7.74. The largest absolute Gasteiger partial charge is 0.376 e. The highest BCUT2D eigenvalue weighted by molar-refractivity contribution is 5.14. The van der Waals surface area contributed by atoms with Crippen LogP contribution in [0.4, 0.5) is 0 Å². The monoisotopic (exact) mass is 309 g/mol. The third-order valence-electron chi connectivity index (χ3n) is 4.17. The van der Waals surface area contributed by atoms with Crippen molar-refractivity contribution in [2.24, 2.45) is 5.92 Å². The molecule has 0 unspecified atom stereocenters. The molecule has 6 nitrogen and oxygen atoms in total. The fourth-order valence-corrected chi connectivity index (χ4v) is 2.89. The number of morpholine rings is 1. The first kappa shape index (κ1) is 17.0. The molecule has 2 N–H and O–H groups in total. The Kier molecular flexibility index (Phi) is 5.97. The van der Waals surface area contributed by atoms with E-state index in [-0.39, 0.29) is 11.7 Å². The van der Waals surface area contributed by atoms with Gasteiger partial charge in [0.05, 0.1) is 18.3 Å². The van der Waals surface area contributed by atoms with Crippen LogP contribution in [-0.4, -0.2) is 40.7 Å². The van der Waals surface area contributed by atoms with Crippen molar-refractivity contribution in [3.8, 4) is 0 Å². The summed E-state index contributed by atoms with van der Waals surface area (Å²) in [6.45, 7) is 9.16. The molecule has 1 aromatic rings. The third kappa shape index (κ3) is 4.81. The summed E-state index contributed by atoms with van der Waals surface area (Å²) in [7, 11) is 0. The van der Waals surface area contributed by atoms with E-state index in [9.17, 15) is 9.59 Å². The summed E-state index contributed by atoms with van der Waals surface area (Å²) in [5, 5.41) is 0. The lowest BCUT2D eigenvalue weighted by atomic mass is 10.0. The van der Waals surface area contributed by atoms with Crippen LogP contribution in [0.25, 0.3) is 0 Å². The molecule has 0 aromatic carbocycles. The predicted octanol–water partition coefficient (Wildman–Crippen LogP) is 1.40. The lowest BCUT2D eigenvalue weighted by Gasteiger charge is -2.33. The molecular weight excluding hydrogens is 282 g/mol. The Bertz CT molecular complexity index is 591. The van der Waals surface area contributed by atoms with Gasteiger partial charge in [0.1, 0.15) is 0 Å². The first-order chi connectivity index (χ1) is 10.5. The molecule has 1 aliphatic heterocycles. The summed E-state index contributed by atoms with van der Waals surface area (Å²) in [6, 6.07) is 0. The van der Waals surface area contributed by atoms with Gasteiger partial charge in [-0.2, -0.15) is 0 Å². The van der Waals surface area contributed by atoms with Gasteiger partial charge in [0.25, 0.3) is 5.56 Å². The molecule has 1 aliphatic rings. The van der Waals surface area contributed by atoms with Gasteiger partial charge in [-0.1, -0.05) is 26.7 Å². The Labute approximate surface area is 130 Å². The number of hydrogen-bond acceptors (Lipinski definition) is 4. The zero-order valence-electron chi connectivity index (χ0n) is 13.8. The molecule has 2 rings (SSSR count). The van der Waals surface area contributed by atoms with Gasteiger partial charge < -0.3 is 9.72 Å². The molecule has 22 heavy (non-hydrogen) atoms. The second-order valence-corrected chi connectivity index (χ2v) is 6.56. The maximum atomic E-state index is 11.9. The number of aryl methyl sites for hydroxylation is 1. The van der Waals surface area contributed by atoms with Crippen molar-refractivity contribution in [3.63, 3.8) is 0 Å². The van der Waals surface area contributed by atoms with E-state index < -0.39 is 5.69 Å². The van der Waals surface area contributed by atoms with Crippen LogP contribution in [0, 0.1) is 12.8 Å². The van der Waals surface area contributed by atoms with Gasteiger partial charge in [0.2, 0.25) is 0 Å². The normalized spacial score (nSPS) is 19.7. The van der Waals surface area contributed by atoms with Crippen molar-refractivity contribution in [3.05, 3.63) is 32.1 Å². The molecule has 124 valence electrons. The van der Waals surface area contributed by atoms with Crippen molar-refractivity contribution >= 4 is 0 Å². The van der Waals surface area contributed by atoms with E-state index in [4.69, 9.17) is 4.74 Å². The molecule has 0 bridgehead atoms. The molecule has 2 heterocycles. The van der Waals surface area contributed by atoms with E-state index in [1.54, 1.807) is 6.92 Å². The van der Waals surface area contributed by atoms with Crippen molar-refractivity contribution in [1.29, 1.82) is 0 Å². The zero-order valence-corrected chi connectivity index (χ0v) is 13.8. The number of hydrogen-bond donors (Lipinski definition) is 2. The van der Waals surface area contributed by atoms with Crippen LogP contribution in [0.1, 0.15) is 44.4 Å². The fraction of sp³-hybridized carbons (Fsp3) is 0.750. The number of nitrogens with zero attached hydrogens (tertiary/aromatic N) is 1. The molecular formula is C16H27N3O3. The highest BCUT2D eigenvalue weighted by Crippen LogP contribution is 2.16. The van der Waals surface area contributed by atoms with E-state index in [0.29, 0.717) is 24.4 Å². The lowest BCUT2D eigenvalue weighted by molar-refractivity contribution is -0.0362. The Hall–Kier alpha value is -1.40. The smallest absolute Gasteiger partial charge is 0.325 e. The number of ether oxygens (including phenoxy) is 1. The second-order valence-electron chi connectivity index (χ2n) is 6.56. The molecule has 0 amide bonds. The predicted molar refractivity (Wildman–Crippen MR) is 86.1 cm³/mol.